The molecule has 170 valence electrons. The van der Waals surface area contributed by atoms with Gasteiger partial charge in [0.15, 0.2) is 5.13 Å². The molecule has 0 bridgehead atoms. The summed E-state index contributed by atoms with van der Waals surface area (Å²) in [6.07, 6.45) is -0.0601. The third-order valence-corrected chi connectivity index (χ3v) is 6.96. The fourth-order valence-corrected chi connectivity index (χ4v) is 5.38. The Morgan fingerprint density at radius 2 is 2.10 bits per heavy atom. The number of carbonyl (C=O) groups is 1. The van der Waals surface area contributed by atoms with Crippen LogP contribution in [0.3, 0.4) is 0 Å². The van der Waals surface area contributed by atoms with E-state index < -0.39 is 11.7 Å². The van der Waals surface area contributed by atoms with Gasteiger partial charge >= 0.3 is 6.18 Å². The monoisotopic (exact) mass is 473 g/mol. The summed E-state index contributed by atoms with van der Waals surface area (Å²) in [5.74, 6) is 0.249. The zero-order valence-corrected chi connectivity index (χ0v) is 19.4. The zero-order valence-electron chi connectivity index (χ0n) is 17.9. The average molecular weight is 474 g/mol. The van der Waals surface area contributed by atoms with E-state index in [2.05, 4.69) is 29.0 Å². The fourth-order valence-electron chi connectivity index (χ4n) is 4.09. The number of carbonyl (C=O) groups excluding carboxylic acids is 1. The minimum Gasteiger partial charge on any atom is -0.302 e. The van der Waals surface area contributed by atoms with E-state index in [9.17, 15) is 18.0 Å². The molecule has 0 radical (unpaired) electrons. The lowest BCUT2D eigenvalue weighted by atomic mass is 9.89. The van der Waals surface area contributed by atoms with Crippen LogP contribution in [0.4, 0.5) is 18.3 Å². The molecule has 1 fully saturated rings. The van der Waals surface area contributed by atoms with Crippen molar-refractivity contribution in [2.75, 3.05) is 11.9 Å². The van der Waals surface area contributed by atoms with Gasteiger partial charge in [-0.25, -0.2) is 4.98 Å². The number of alkyl halides is 3. The number of rotatable bonds is 6. The zero-order chi connectivity index (χ0) is 22.8. The largest absolute Gasteiger partial charge is 0.416 e. The predicted molar refractivity (Wildman–Crippen MR) is 119 cm³/mol. The van der Waals surface area contributed by atoms with Crippen molar-refractivity contribution in [3.8, 4) is 11.3 Å². The van der Waals surface area contributed by atoms with Gasteiger partial charge < -0.3 is 5.32 Å². The van der Waals surface area contributed by atoms with Crippen molar-refractivity contribution in [3.63, 3.8) is 0 Å². The summed E-state index contributed by atoms with van der Waals surface area (Å²) in [7, 11) is 0. The van der Waals surface area contributed by atoms with E-state index in [0.29, 0.717) is 34.9 Å². The maximum Gasteiger partial charge on any atom is 0.416 e. The van der Waals surface area contributed by atoms with Crippen LogP contribution in [0, 0.1) is 5.92 Å². The van der Waals surface area contributed by atoms with E-state index >= 15 is 0 Å². The van der Waals surface area contributed by atoms with Crippen LogP contribution in [0.5, 0.6) is 0 Å². The highest BCUT2D eigenvalue weighted by Crippen LogP contribution is 2.39. The Labute approximate surface area is 189 Å². The van der Waals surface area contributed by atoms with E-state index in [1.807, 2.05) is 0 Å². The molecule has 2 aromatic rings. The second-order valence-electron chi connectivity index (χ2n) is 8.12. The first kappa shape index (κ1) is 24.0. The highest BCUT2D eigenvalue weighted by molar-refractivity contribution is 7.16. The van der Waals surface area contributed by atoms with Gasteiger partial charge in [-0.3, -0.25) is 9.69 Å². The molecule has 2 heterocycles. The topological polar surface area (TPSA) is 45.2 Å². The molecule has 31 heavy (non-hydrogen) atoms. The highest BCUT2D eigenvalue weighted by atomic mass is 35.5. The van der Waals surface area contributed by atoms with Crippen LogP contribution < -0.4 is 5.32 Å². The van der Waals surface area contributed by atoms with Crippen molar-refractivity contribution in [1.82, 2.24) is 9.88 Å². The van der Waals surface area contributed by atoms with E-state index in [4.69, 9.17) is 11.6 Å². The van der Waals surface area contributed by atoms with Crippen molar-refractivity contribution < 1.29 is 18.0 Å². The van der Waals surface area contributed by atoms with Gasteiger partial charge in [0.05, 0.1) is 11.3 Å². The standard InChI is InChI=1S/C22H27ClF3N3OS/c1-4-13(2)18-7-5-6-8-29(18)12-19-20(28-21(31-19)27-14(3)30)15-9-16(22(24,25)26)11-17(23)10-15/h9-11,13,18H,4-8,12H2,1-3H3,(H,27,28,30)/t13?,18-/m0/s1. The molecule has 1 aliphatic heterocycles. The number of hydrogen-bond donors (Lipinski definition) is 1. The number of anilines is 1. The number of nitrogens with one attached hydrogen (secondary N) is 1. The van der Waals surface area contributed by atoms with Gasteiger partial charge in [0, 0.05) is 35.0 Å². The van der Waals surface area contributed by atoms with Gasteiger partial charge in [-0.2, -0.15) is 13.2 Å². The first-order valence-corrected chi connectivity index (χ1v) is 11.7. The Morgan fingerprint density at radius 1 is 1.35 bits per heavy atom. The molecule has 3 rings (SSSR count). The number of amides is 1. The Hall–Kier alpha value is -1.64. The maximum atomic E-state index is 13.4. The molecule has 1 unspecified atom stereocenters. The first-order valence-electron chi connectivity index (χ1n) is 10.5. The lowest BCUT2D eigenvalue weighted by Gasteiger charge is -2.39. The van der Waals surface area contributed by atoms with Gasteiger partial charge in [0.25, 0.3) is 0 Å². The second-order valence-corrected chi connectivity index (χ2v) is 9.64. The summed E-state index contributed by atoms with van der Waals surface area (Å²) in [6.45, 7) is 7.31. The molecule has 2 atom stereocenters. The first-order chi connectivity index (χ1) is 14.6. The third kappa shape index (κ3) is 5.99. The lowest BCUT2D eigenvalue weighted by molar-refractivity contribution is -0.137. The van der Waals surface area contributed by atoms with E-state index in [1.54, 1.807) is 0 Å². The number of halogens is 4. The van der Waals surface area contributed by atoms with Crippen LogP contribution in [0.15, 0.2) is 18.2 Å². The highest BCUT2D eigenvalue weighted by Gasteiger charge is 2.32. The van der Waals surface area contributed by atoms with Crippen molar-refractivity contribution in [3.05, 3.63) is 33.7 Å². The minimum atomic E-state index is -4.51. The normalized spacial score (nSPS) is 18.7. The molecule has 9 heteroatoms. The summed E-state index contributed by atoms with van der Waals surface area (Å²) >= 11 is 7.33. The Balaban J connectivity index is 2.02. The number of likely N-dealkylation sites (tertiary alicyclic amines) is 1. The van der Waals surface area contributed by atoms with Crippen molar-refractivity contribution in [2.24, 2.45) is 5.92 Å². The number of piperidine rings is 1. The molecule has 0 spiro atoms. The second kappa shape index (κ2) is 9.88. The van der Waals surface area contributed by atoms with Crippen molar-refractivity contribution in [2.45, 2.75) is 65.2 Å². The van der Waals surface area contributed by atoms with Crippen LogP contribution in [-0.2, 0) is 17.5 Å². The molecule has 1 aromatic carbocycles. The Kier molecular flexibility index (Phi) is 7.65. The number of thiazole rings is 1. The minimum absolute atomic E-state index is 0.000284. The smallest absolute Gasteiger partial charge is 0.302 e. The molecule has 1 aromatic heterocycles. The van der Waals surface area contributed by atoms with E-state index in [1.165, 1.54) is 30.7 Å². The van der Waals surface area contributed by atoms with Gasteiger partial charge in [0.1, 0.15) is 0 Å². The summed E-state index contributed by atoms with van der Waals surface area (Å²) < 4.78 is 40.1. The molecule has 1 amide bonds. The van der Waals surface area contributed by atoms with Gasteiger partial charge in [-0.15, -0.1) is 0 Å². The van der Waals surface area contributed by atoms with Crippen LogP contribution in [0.1, 0.15) is 56.9 Å². The lowest BCUT2D eigenvalue weighted by Crippen LogP contribution is -2.42. The fraction of sp³-hybridized carbons (Fsp3) is 0.545. The Morgan fingerprint density at radius 3 is 2.74 bits per heavy atom. The molecule has 4 nitrogen and oxygen atoms in total. The van der Waals surface area contributed by atoms with E-state index in [-0.39, 0.29) is 10.9 Å². The molecule has 0 aliphatic carbocycles. The summed E-state index contributed by atoms with van der Waals surface area (Å²) in [6, 6.07) is 3.90. The third-order valence-electron chi connectivity index (χ3n) is 5.79. The number of benzene rings is 1. The summed E-state index contributed by atoms with van der Waals surface area (Å²) in [5, 5.41) is 3.05. The number of aromatic nitrogens is 1. The Bertz CT molecular complexity index is 931. The maximum absolute atomic E-state index is 13.4. The van der Waals surface area contributed by atoms with Crippen LogP contribution in [-0.4, -0.2) is 28.4 Å². The van der Waals surface area contributed by atoms with Crippen LogP contribution in [0.25, 0.3) is 11.3 Å². The van der Waals surface area contributed by atoms with Gasteiger partial charge in [-0.1, -0.05) is 49.6 Å². The van der Waals surface area contributed by atoms with Crippen molar-refractivity contribution >= 4 is 34.0 Å². The summed E-state index contributed by atoms with van der Waals surface area (Å²) in [5.41, 5.74) is -0.0690. The molecule has 1 saturated heterocycles. The van der Waals surface area contributed by atoms with Gasteiger partial charge in [-0.05, 0) is 43.5 Å². The quantitative estimate of drug-likeness (QED) is 0.499. The molecule has 0 saturated carbocycles. The van der Waals surface area contributed by atoms with E-state index in [0.717, 1.165) is 42.8 Å². The molecule has 1 aliphatic rings. The molecular formula is C22H27ClF3N3OS. The average Bonchev–Trinajstić information content (AvgIpc) is 3.08. The van der Waals surface area contributed by atoms with Gasteiger partial charge in [0.2, 0.25) is 5.91 Å². The molecular weight excluding hydrogens is 447 g/mol. The molecule has 1 N–H and O–H groups in total. The number of nitrogens with zero attached hydrogens (tertiary/aromatic N) is 2. The van der Waals surface area contributed by atoms with Crippen molar-refractivity contribution in [1.29, 1.82) is 0 Å². The SMILES string of the molecule is CCC(C)[C@@H]1CCCCN1Cc1sc(NC(C)=O)nc1-c1cc(Cl)cc(C(F)(F)F)c1. The van der Waals surface area contributed by atoms with Crippen LogP contribution >= 0.6 is 22.9 Å². The number of hydrogen-bond acceptors (Lipinski definition) is 4. The summed E-state index contributed by atoms with van der Waals surface area (Å²) in [4.78, 5) is 19.3. The predicted octanol–water partition coefficient (Wildman–Crippen LogP) is 6.84. The van der Waals surface area contributed by atoms with Crippen LogP contribution in [0.2, 0.25) is 5.02 Å².